The minimum absolute atomic E-state index is 0.164. The Labute approximate surface area is 146 Å². The van der Waals surface area contributed by atoms with Crippen molar-refractivity contribution >= 4 is 33.4 Å². The van der Waals surface area contributed by atoms with Crippen LogP contribution in [0.4, 0.5) is 10.1 Å². The molecule has 1 aliphatic heterocycles. The van der Waals surface area contributed by atoms with Crippen LogP contribution < -0.4 is 5.32 Å². The zero-order valence-electron chi connectivity index (χ0n) is 12.8. The summed E-state index contributed by atoms with van der Waals surface area (Å²) in [6.45, 7) is 0.945. The topological polar surface area (TPSA) is 62.6 Å². The summed E-state index contributed by atoms with van der Waals surface area (Å²) in [5, 5.41) is 2.62. The number of anilines is 1. The van der Waals surface area contributed by atoms with E-state index >= 15 is 0 Å². The van der Waals surface area contributed by atoms with E-state index in [1.807, 2.05) is 0 Å². The number of carbonyl (C=O) groups excluding carboxylic acids is 2. The third-order valence-electron chi connectivity index (χ3n) is 4.07. The van der Waals surface area contributed by atoms with Crippen LogP contribution in [0.1, 0.15) is 23.4 Å². The monoisotopic (exact) mass is 394 g/mol. The second-order valence-electron chi connectivity index (χ2n) is 5.66. The average Bonchev–Trinajstić information content (AvgIpc) is 3.11. The molecule has 0 spiro atoms. The maximum absolute atomic E-state index is 13.8. The molecule has 2 amide bonds. The second kappa shape index (κ2) is 7.17. The van der Waals surface area contributed by atoms with Crippen LogP contribution in [0.5, 0.6) is 0 Å². The summed E-state index contributed by atoms with van der Waals surface area (Å²) in [6, 6.07) is 7.79. The van der Waals surface area contributed by atoms with Gasteiger partial charge in [-0.05, 0) is 43.2 Å². The molecule has 2 heterocycles. The van der Waals surface area contributed by atoms with Gasteiger partial charge >= 0.3 is 0 Å². The van der Waals surface area contributed by atoms with Crippen LogP contribution in [0.25, 0.3) is 0 Å². The molecule has 2 aromatic rings. The molecule has 0 bridgehead atoms. The van der Waals surface area contributed by atoms with Gasteiger partial charge in [0.25, 0.3) is 5.91 Å². The van der Waals surface area contributed by atoms with E-state index in [0.29, 0.717) is 36.2 Å². The van der Waals surface area contributed by atoms with E-state index in [1.165, 1.54) is 18.4 Å². The van der Waals surface area contributed by atoms with Gasteiger partial charge in [-0.1, -0.05) is 15.9 Å². The van der Waals surface area contributed by atoms with E-state index in [0.717, 1.165) is 0 Å². The van der Waals surface area contributed by atoms with Crippen molar-refractivity contribution in [3.63, 3.8) is 0 Å². The fourth-order valence-electron chi connectivity index (χ4n) is 2.73. The minimum Gasteiger partial charge on any atom is -0.459 e. The molecule has 126 valence electrons. The average molecular weight is 395 g/mol. The first-order valence-electron chi connectivity index (χ1n) is 7.63. The van der Waals surface area contributed by atoms with Gasteiger partial charge in [0, 0.05) is 23.5 Å². The largest absolute Gasteiger partial charge is 0.459 e. The number of rotatable bonds is 3. The maximum Gasteiger partial charge on any atom is 0.289 e. The number of carbonyl (C=O) groups is 2. The molecule has 0 saturated carbocycles. The summed E-state index contributed by atoms with van der Waals surface area (Å²) in [5.74, 6) is -0.814. The predicted octanol–water partition coefficient (Wildman–Crippen LogP) is 3.67. The molecular formula is C17H16BrFN2O3. The number of likely N-dealkylation sites (tertiary alicyclic amines) is 1. The number of amides is 2. The zero-order valence-corrected chi connectivity index (χ0v) is 14.4. The van der Waals surface area contributed by atoms with Crippen molar-refractivity contribution in [2.24, 2.45) is 5.92 Å². The molecule has 1 fully saturated rings. The van der Waals surface area contributed by atoms with Crippen molar-refractivity contribution < 1.29 is 18.4 Å². The van der Waals surface area contributed by atoms with Gasteiger partial charge in [0.2, 0.25) is 5.91 Å². The Bertz CT molecular complexity index is 740. The van der Waals surface area contributed by atoms with Gasteiger partial charge in [0.1, 0.15) is 5.82 Å². The third-order valence-corrected chi connectivity index (χ3v) is 4.57. The molecule has 1 saturated heterocycles. The number of furan rings is 1. The van der Waals surface area contributed by atoms with Crippen molar-refractivity contribution in [2.45, 2.75) is 12.8 Å². The molecular weight excluding hydrogens is 379 g/mol. The molecule has 1 aliphatic rings. The van der Waals surface area contributed by atoms with Gasteiger partial charge in [-0.25, -0.2) is 4.39 Å². The highest BCUT2D eigenvalue weighted by Crippen LogP contribution is 2.23. The van der Waals surface area contributed by atoms with E-state index in [4.69, 9.17) is 4.42 Å². The summed E-state index contributed by atoms with van der Waals surface area (Å²) in [5.41, 5.74) is 0.164. The Hall–Kier alpha value is -2.15. The number of nitrogens with one attached hydrogen (secondary N) is 1. The van der Waals surface area contributed by atoms with E-state index in [9.17, 15) is 14.0 Å². The molecule has 3 rings (SSSR count). The summed E-state index contributed by atoms with van der Waals surface area (Å²) < 4.78 is 19.5. The van der Waals surface area contributed by atoms with Crippen molar-refractivity contribution in [2.75, 3.05) is 18.4 Å². The van der Waals surface area contributed by atoms with Crippen LogP contribution in [-0.4, -0.2) is 29.8 Å². The van der Waals surface area contributed by atoms with E-state index < -0.39 is 5.82 Å². The summed E-state index contributed by atoms with van der Waals surface area (Å²) >= 11 is 3.18. The van der Waals surface area contributed by atoms with Crippen molar-refractivity contribution in [3.05, 3.63) is 52.6 Å². The Kier molecular flexibility index (Phi) is 4.99. The lowest BCUT2D eigenvalue weighted by molar-refractivity contribution is -0.121. The molecule has 7 heteroatoms. The van der Waals surface area contributed by atoms with Crippen molar-refractivity contribution in [1.29, 1.82) is 0 Å². The number of halogens is 2. The fraction of sp³-hybridized carbons (Fsp3) is 0.294. The number of hydrogen-bond donors (Lipinski definition) is 1. The highest BCUT2D eigenvalue weighted by Gasteiger charge is 2.29. The van der Waals surface area contributed by atoms with Crippen molar-refractivity contribution in [3.8, 4) is 0 Å². The lowest BCUT2D eigenvalue weighted by Crippen LogP contribution is -2.41. The lowest BCUT2D eigenvalue weighted by Gasteiger charge is -2.30. The standard InChI is InChI=1S/C17H16BrFN2O3/c18-12-3-4-14(13(19)10-12)20-16(22)11-5-7-21(8-6-11)17(23)15-2-1-9-24-15/h1-4,9-11H,5-8H2,(H,20,22). The molecule has 5 nitrogen and oxygen atoms in total. The van der Waals surface area contributed by atoms with Gasteiger partial charge in [-0.2, -0.15) is 0 Å². The Morgan fingerprint density at radius 1 is 1.25 bits per heavy atom. The van der Waals surface area contributed by atoms with E-state index in [1.54, 1.807) is 23.1 Å². The fourth-order valence-corrected chi connectivity index (χ4v) is 3.06. The van der Waals surface area contributed by atoms with E-state index in [2.05, 4.69) is 21.2 Å². The van der Waals surface area contributed by atoms with Crippen LogP contribution in [0.2, 0.25) is 0 Å². The maximum atomic E-state index is 13.8. The molecule has 0 atom stereocenters. The predicted molar refractivity (Wildman–Crippen MR) is 90.1 cm³/mol. The Balaban J connectivity index is 1.56. The molecule has 1 aromatic carbocycles. The number of piperidine rings is 1. The first-order chi connectivity index (χ1) is 11.5. The van der Waals surface area contributed by atoms with Gasteiger partial charge in [-0.15, -0.1) is 0 Å². The molecule has 24 heavy (non-hydrogen) atoms. The van der Waals surface area contributed by atoms with Gasteiger partial charge in [0.05, 0.1) is 12.0 Å². The molecule has 0 unspecified atom stereocenters. The summed E-state index contributed by atoms with van der Waals surface area (Å²) in [6.07, 6.45) is 2.53. The Morgan fingerprint density at radius 3 is 2.62 bits per heavy atom. The van der Waals surface area contributed by atoms with Gasteiger partial charge in [-0.3, -0.25) is 9.59 Å². The van der Waals surface area contributed by atoms with Crippen molar-refractivity contribution in [1.82, 2.24) is 4.90 Å². The van der Waals surface area contributed by atoms with Crippen LogP contribution in [-0.2, 0) is 4.79 Å². The number of nitrogens with zero attached hydrogens (tertiary/aromatic N) is 1. The highest BCUT2D eigenvalue weighted by atomic mass is 79.9. The van der Waals surface area contributed by atoms with E-state index in [-0.39, 0.29) is 23.4 Å². The first-order valence-corrected chi connectivity index (χ1v) is 8.42. The van der Waals surface area contributed by atoms with Gasteiger partial charge < -0.3 is 14.6 Å². The molecule has 1 N–H and O–H groups in total. The molecule has 1 aromatic heterocycles. The van der Waals surface area contributed by atoms with Gasteiger partial charge in [0.15, 0.2) is 5.76 Å². The normalized spacial score (nSPS) is 15.3. The smallest absolute Gasteiger partial charge is 0.289 e. The summed E-state index contributed by atoms with van der Waals surface area (Å²) in [4.78, 5) is 26.2. The molecule has 0 aliphatic carbocycles. The van der Waals surface area contributed by atoms with Crippen LogP contribution >= 0.6 is 15.9 Å². The van der Waals surface area contributed by atoms with Crippen LogP contribution in [0, 0.1) is 11.7 Å². The number of benzene rings is 1. The van der Waals surface area contributed by atoms with Crippen LogP contribution in [0.15, 0.2) is 45.5 Å². The Morgan fingerprint density at radius 2 is 2.00 bits per heavy atom. The lowest BCUT2D eigenvalue weighted by atomic mass is 9.95. The van der Waals surface area contributed by atoms with Crippen LogP contribution in [0.3, 0.4) is 0 Å². The quantitative estimate of drug-likeness (QED) is 0.863. The number of hydrogen-bond acceptors (Lipinski definition) is 3. The third kappa shape index (κ3) is 3.67. The highest BCUT2D eigenvalue weighted by molar-refractivity contribution is 9.10. The SMILES string of the molecule is O=C(Nc1ccc(Br)cc1F)C1CCN(C(=O)c2ccco2)CC1. The first kappa shape index (κ1) is 16.7. The minimum atomic E-state index is -0.483. The molecule has 0 radical (unpaired) electrons. The summed E-state index contributed by atoms with van der Waals surface area (Å²) in [7, 11) is 0. The second-order valence-corrected chi connectivity index (χ2v) is 6.57. The zero-order chi connectivity index (χ0) is 17.1.